The second-order valence-corrected chi connectivity index (χ2v) is 6.07. The molecule has 0 N–H and O–H groups in total. The number of nitrogens with zero attached hydrogens (tertiary/aromatic N) is 3. The number of aryl methyl sites for hydroxylation is 1. The zero-order valence-corrected chi connectivity index (χ0v) is 13.2. The predicted octanol–water partition coefficient (Wildman–Crippen LogP) is 3.28. The van der Waals surface area contributed by atoms with Crippen molar-refractivity contribution in [2.24, 2.45) is 0 Å². The van der Waals surface area contributed by atoms with Gasteiger partial charge in [-0.15, -0.1) is 0 Å². The van der Waals surface area contributed by atoms with Crippen LogP contribution in [-0.4, -0.2) is 22.6 Å². The van der Waals surface area contributed by atoms with Crippen molar-refractivity contribution in [1.29, 1.82) is 0 Å². The van der Waals surface area contributed by atoms with Gasteiger partial charge in [0.05, 0.1) is 5.92 Å². The maximum atomic E-state index is 12.3. The zero-order chi connectivity index (χ0) is 15.7. The monoisotopic (exact) mass is 299 g/mol. The van der Waals surface area contributed by atoms with E-state index in [1.165, 1.54) is 5.56 Å². The Kier molecular flexibility index (Phi) is 3.96. The van der Waals surface area contributed by atoms with Crippen LogP contribution in [0.1, 0.15) is 56.3 Å². The fourth-order valence-corrected chi connectivity index (χ4v) is 2.71. The second kappa shape index (κ2) is 5.91. The predicted molar refractivity (Wildman–Crippen MR) is 83.9 cm³/mol. The van der Waals surface area contributed by atoms with Crippen molar-refractivity contribution < 1.29 is 9.32 Å². The van der Waals surface area contributed by atoms with Crippen LogP contribution in [0.15, 0.2) is 28.8 Å². The summed E-state index contributed by atoms with van der Waals surface area (Å²) in [6, 6.07) is 8.13. The largest absolute Gasteiger partial charge is 0.339 e. The van der Waals surface area contributed by atoms with Crippen molar-refractivity contribution in [2.75, 3.05) is 11.4 Å². The van der Waals surface area contributed by atoms with Gasteiger partial charge >= 0.3 is 0 Å². The highest BCUT2D eigenvalue weighted by Gasteiger charge is 2.35. The lowest BCUT2D eigenvalue weighted by Crippen LogP contribution is -2.24. The number of amides is 1. The van der Waals surface area contributed by atoms with Crippen LogP contribution >= 0.6 is 0 Å². The molecule has 1 unspecified atom stereocenters. The fraction of sp³-hybridized carbons (Fsp3) is 0.471. The van der Waals surface area contributed by atoms with E-state index in [0.717, 1.165) is 12.1 Å². The van der Waals surface area contributed by atoms with Crippen LogP contribution in [0.5, 0.6) is 0 Å². The van der Waals surface area contributed by atoms with Crippen LogP contribution in [-0.2, 0) is 11.2 Å². The quantitative estimate of drug-likeness (QED) is 0.869. The molecule has 1 saturated heterocycles. The number of hydrogen-bond donors (Lipinski definition) is 0. The van der Waals surface area contributed by atoms with Crippen molar-refractivity contribution >= 4 is 11.6 Å². The second-order valence-electron chi connectivity index (χ2n) is 6.07. The van der Waals surface area contributed by atoms with E-state index in [2.05, 4.69) is 29.2 Å². The SMILES string of the molecule is CCc1cccc(N2CC(c3nc(C(C)C)no3)CC2=O)c1. The van der Waals surface area contributed by atoms with E-state index >= 15 is 0 Å². The van der Waals surface area contributed by atoms with E-state index in [0.29, 0.717) is 24.7 Å². The molecule has 1 aromatic carbocycles. The summed E-state index contributed by atoms with van der Waals surface area (Å²) in [5.74, 6) is 1.60. The Morgan fingerprint density at radius 1 is 1.41 bits per heavy atom. The van der Waals surface area contributed by atoms with Crippen LogP contribution < -0.4 is 4.90 Å². The molecular formula is C17H21N3O2. The first kappa shape index (κ1) is 14.8. The van der Waals surface area contributed by atoms with Crippen molar-refractivity contribution in [3.63, 3.8) is 0 Å². The average Bonchev–Trinajstić information content (AvgIpc) is 3.14. The van der Waals surface area contributed by atoms with E-state index in [4.69, 9.17) is 4.52 Å². The Balaban J connectivity index is 1.80. The number of anilines is 1. The van der Waals surface area contributed by atoms with E-state index in [1.807, 2.05) is 30.9 Å². The summed E-state index contributed by atoms with van der Waals surface area (Å²) >= 11 is 0. The van der Waals surface area contributed by atoms with Gasteiger partial charge < -0.3 is 9.42 Å². The molecule has 0 bridgehead atoms. The summed E-state index contributed by atoms with van der Waals surface area (Å²) in [6.07, 6.45) is 1.39. The Hall–Kier alpha value is -2.17. The standard InChI is InChI=1S/C17H21N3O2/c1-4-12-6-5-7-14(8-12)20-10-13(9-15(20)21)17-18-16(11(2)3)19-22-17/h5-8,11,13H,4,9-10H2,1-3H3. The van der Waals surface area contributed by atoms with E-state index in [1.54, 1.807) is 0 Å². The molecule has 2 heterocycles. The van der Waals surface area contributed by atoms with Gasteiger partial charge in [0.25, 0.3) is 0 Å². The molecule has 1 aromatic heterocycles. The molecule has 1 aliphatic rings. The first-order chi connectivity index (χ1) is 10.6. The molecular weight excluding hydrogens is 278 g/mol. The molecule has 116 valence electrons. The molecule has 1 amide bonds. The first-order valence-electron chi connectivity index (χ1n) is 7.81. The summed E-state index contributed by atoms with van der Waals surface area (Å²) < 4.78 is 5.35. The molecule has 0 spiro atoms. The lowest BCUT2D eigenvalue weighted by atomic mass is 10.1. The molecule has 5 nitrogen and oxygen atoms in total. The molecule has 1 fully saturated rings. The third kappa shape index (κ3) is 2.75. The highest BCUT2D eigenvalue weighted by atomic mass is 16.5. The average molecular weight is 299 g/mol. The van der Waals surface area contributed by atoms with Gasteiger partial charge in [-0.2, -0.15) is 4.98 Å². The molecule has 0 aliphatic carbocycles. The molecule has 3 rings (SSSR count). The summed E-state index contributed by atoms with van der Waals surface area (Å²) in [5.41, 5.74) is 2.18. The smallest absolute Gasteiger partial charge is 0.232 e. The lowest BCUT2D eigenvalue weighted by Gasteiger charge is -2.16. The Morgan fingerprint density at radius 3 is 2.91 bits per heavy atom. The van der Waals surface area contributed by atoms with Gasteiger partial charge in [-0.1, -0.05) is 38.1 Å². The topological polar surface area (TPSA) is 59.2 Å². The maximum absolute atomic E-state index is 12.3. The molecule has 0 radical (unpaired) electrons. The highest BCUT2D eigenvalue weighted by Crippen LogP contribution is 2.31. The maximum Gasteiger partial charge on any atom is 0.232 e. The molecule has 2 aromatic rings. The lowest BCUT2D eigenvalue weighted by molar-refractivity contribution is -0.117. The van der Waals surface area contributed by atoms with Gasteiger partial charge in [-0.05, 0) is 24.1 Å². The van der Waals surface area contributed by atoms with Crippen molar-refractivity contribution in [2.45, 2.75) is 45.4 Å². The summed E-state index contributed by atoms with van der Waals surface area (Å²) in [6.45, 7) is 6.76. The van der Waals surface area contributed by atoms with Crippen LogP contribution in [0.4, 0.5) is 5.69 Å². The highest BCUT2D eigenvalue weighted by molar-refractivity contribution is 5.96. The van der Waals surface area contributed by atoms with Crippen molar-refractivity contribution in [1.82, 2.24) is 10.1 Å². The third-order valence-electron chi connectivity index (χ3n) is 4.08. The zero-order valence-electron chi connectivity index (χ0n) is 13.2. The number of carbonyl (C=O) groups is 1. The van der Waals surface area contributed by atoms with E-state index in [9.17, 15) is 4.79 Å². The van der Waals surface area contributed by atoms with Gasteiger partial charge in [0.2, 0.25) is 11.8 Å². The summed E-state index contributed by atoms with van der Waals surface area (Å²) in [5, 5.41) is 3.99. The first-order valence-corrected chi connectivity index (χ1v) is 7.81. The molecule has 0 saturated carbocycles. The minimum atomic E-state index is -0.0159. The summed E-state index contributed by atoms with van der Waals surface area (Å²) in [4.78, 5) is 18.6. The third-order valence-corrected chi connectivity index (χ3v) is 4.08. The Morgan fingerprint density at radius 2 is 2.23 bits per heavy atom. The van der Waals surface area contributed by atoms with Gasteiger partial charge in [-0.25, -0.2) is 0 Å². The summed E-state index contributed by atoms with van der Waals surface area (Å²) in [7, 11) is 0. The van der Waals surface area contributed by atoms with Crippen LogP contribution in [0, 0.1) is 0 Å². The number of benzene rings is 1. The minimum Gasteiger partial charge on any atom is -0.339 e. The number of carbonyl (C=O) groups excluding carboxylic acids is 1. The minimum absolute atomic E-state index is 0.0159. The van der Waals surface area contributed by atoms with Crippen LogP contribution in [0.3, 0.4) is 0 Å². The van der Waals surface area contributed by atoms with Gasteiger partial charge in [0, 0.05) is 24.6 Å². The van der Waals surface area contributed by atoms with E-state index < -0.39 is 0 Å². The van der Waals surface area contributed by atoms with Crippen molar-refractivity contribution in [3.8, 4) is 0 Å². The number of aromatic nitrogens is 2. The fourth-order valence-electron chi connectivity index (χ4n) is 2.71. The van der Waals surface area contributed by atoms with Gasteiger partial charge in [-0.3, -0.25) is 4.79 Å². The number of rotatable bonds is 4. The van der Waals surface area contributed by atoms with Crippen LogP contribution in [0.25, 0.3) is 0 Å². The molecule has 1 atom stereocenters. The normalized spacial score (nSPS) is 18.5. The molecule has 22 heavy (non-hydrogen) atoms. The Labute approximate surface area is 130 Å². The number of hydrogen-bond acceptors (Lipinski definition) is 4. The molecule has 1 aliphatic heterocycles. The van der Waals surface area contributed by atoms with Gasteiger partial charge in [0.1, 0.15) is 0 Å². The van der Waals surface area contributed by atoms with Crippen LogP contribution in [0.2, 0.25) is 0 Å². The van der Waals surface area contributed by atoms with E-state index in [-0.39, 0.29) is 17.7 Å². The van der Waals surface area contributed by atoms with Crippen molar-refractivity contribution in [3.05, 3.63) is 41.5 Å². The molecule has 5 heteroatoms. The Bertz CT molecular complexity index is 678. The van der Waals surface area contributed by atoms with Gasteiger partial charge in [0.15, 0.2) is 5.82 Å².